The Bertz CT molecular complexity index is 5440. The molecule has 436 valence electrons. The summed E-state index contributed by atoms with van der Waals surface area (Å²) in [4.78, 5) is 29.6. The van der Waals surface area contributed by atoms with E-state index in [1.807, 2.05) is 121 Å². The molecule has 4 aromatic heterocycles. The van der Waals surface area contributed by atoms with Crippen LogP contribution in [0.4, 0.5) is 0 Å². The lowest BCUT2D eigenvalue weighted by molar-refractivity contribution is 0.660. The first-order valence-corrected chi connectivity index (χ1v) is 31.4. The third-order valence-corrected chi connectivity index (χ3v) is 18.9. The van der Waals surface area contributed by atoms with Crippen molar-refractivity contribution in [3.05, 3.63) is 313 Å². The molecule has 0 amide bonds. The minimum absolute atomic E-state index is 0.0489. The van der Waals surface area contributed by atoms with Crippen LogP contribution in [0, 0.1) is 0 Å². The van der Waals surface area contributed by atoms with Crippen LogP contribution in [0.1, 0.15) is 49.9 Å². The highest BCUT2D eigenvalue weighted by Gasteiger charge is 2.39. The van der Waals surface area contributed by atoms with Crippen LogP contribution in [0.5, 0.6) is 0 Å². The Hall–Kier alpha value is -11.7. The van der Waals surface area contributed by atoms with Crippen molar-refractivity contribution >= 4 is 43.6 Å². The van der Waals surface area contributed by atoms with Gasteiger partial charge in [0.25, 0.3) is 0 Å². The van der Waals surface area contributed by atoms with Crippen molar-refractivity contribution in [3.8, 4) is 102 Å². The molecular formula is C84H60N8. The maximum Gasteiger partial charge on any atom is 0.164 e. The lowest BCUT2D eigenvalue weighted by Crippen LogP contribution is -2.14. The maximum absolute atomic E-state index is 5.00. The first-order chi connectivity index (χ1) is 45.2. The SMILES string of the molecule is CC1(C)c2ccccc2-c2c1ccc1c2c2ccccc2n1-c1ccc(-c2nc(-c3ccccc3)nc(-c3ccccc3)n2)cc1.CC1(C)c2ccccc2-c2c1ccc1c2c2ccccc2n1-c1cccc(-c2nc(-c3ccccc3)nc(-c3ccccc3)n2)c1. The number of para-hydroxylation sites is 2. The van der Waals surface area contributed by atoms with Crippen LogP contribution in [0.2, 0.25) is 0 Å². The monoisotopic (exact) mass is 1180 g/mol. The fourth-order valence-corrected chi connectivity index (χ4v) is 14.5. The number of rotatable bonds is 8. The van der Waals surface area contributed by atoms with Crippen LogP contribution in [0.3, 0.4) is 0 Å². The van der Waals surface area contributed by atoms with E-state index in [9.17, 15) is 0 Å². The molecule has 2 aliphatic carbocycles. The van der Waals surface area contributed by atoms with Gasteiger partial charge in [-0.2, -0.15) is 0 Å². The molecule has 8 heteroatoms. The maximum atomic E-state index is 5.00. The van der Waals surface area contributed by atoms with Gasteiger partial charge in [0, 0.05) is 77.1 Å². The second-order valence-corrected chi connectivity index (χ2v) is 25.0. The van der Waals surface area contributed by atoms with Crippen LogP contribution in [0.25, 0.3) is 146 Å². The zero-order valence-electron chi connectivity index (χ0n) is 51.3. The summed E-state index contributed by atoms with van der Waals surface area (Å²) in [7, 11) is 0. The summed E-state index contributed by atoms with van der Waals surface area (Å²) >= 11 is 0. The van der Waals surface area contributed by atoms with Gasteiger partial charge in [0.15, 0.2) is 34.9 Å². The number of fused-ring (bicyclic) bond motifs is 14. The fraction of sp³-hybridized carbons (Fsp3) is 0.0714. The van der Waals surface area contributed by atoms with Crippen molar-refractivity contribution in [2.75, 3.05) is 0 Å². The highest BCUT2D eigenvalue weighted by Crippen LogP contribution is 2.55. The van der Waals surface area contributed by atoms with E-state index < -0.39 is 0 Å². The number of aromatic nitrogens is 8. The van der Waals surface area contributed by atoms with E-state index in [1.54, 1.807) is 0 Å². The van der Waals surface area contributed by atoms with Gasteiger partial charge in [-0.3, -0.25) is 0 Å². The van der Waals surface area contributed by atoms with Crippen molar-refractivity contribution in [3.63, 3.8) is 0 Å². The first-order valence-electron chi connectivity index (χ1n) is 31.4. The van der Waals surface area contributed by atoms with Gasteiger partial charge >= 0.3 is 0 Å². The molecule has 12 aromatic carbocycles. The molecule has 0 unspecified atom stereocenters. The Morgan fingerprint density at radius 3 is 0.978 bits per heavy atom. The lowest BCUT2D eigenvalue weighted by atomic mass is 9.82. The number of nitrogens with zero attached hydrogens (tertiary/aromatic N) is 8. The summed E-state index contributed by atoms with van der Waals surface area (Å²) in [5.74, 6) is 3.93. The number of hydrogen-bond donors (Lipinski definition) is 0. The zero-order valence-corrected chi connectivity index (χ0v) is 51.3. The quantitative estimate of drug-likeness (QED) is 0.151. The van der Waals surface area contributed by atoms with Gasteiger partial charge in [-0.15, -0.1) is 0 Å². The highest BCUT2D eigenvalue weighted by molar-refractivity contribution is 6.19. The molecule has 0 atom stereocenters. The van der Waals surface area contributed by atoms with Crippen molar-refractivity contribution < 1.29 is 0 Å². The summed E-state index contributed by atoms with van der Waals surface area (Å²) in [5.41, 5.74) is 23.5. The van der Waals surface area contributed by atoms with Gasteiger partial charge in [0.2, 0.25) is 0 Å². The summed E-state index contributed by atoms with van der Waals surface area (Å²) in [6.45, 7) is 9.37. The third-order valence-electron chi connectivity index (χ3n) is 18.9. The van der Waals surface area contributed by atoms with Crippen LogP contribution in [-0.2, 0) is 10.8 Å². The van der Waals surface area contributed by atoms with E-state index in [0.29, 0.717) is 34.9 Å². The zero-order chi connectivity index (χ0) is 61.7. The van der Waals surface area contributed by atoms with E-state index >= 15 is 0 Å². The second-order valence-electron chi connectivity index (χ2n) is 25.0. The molecule has 0 bridgehead atoms. The molecule has 8 nitrogen and oxygen atoms in total. The van der Waals surface area contributed by atoms with Crippen molar-refractivity contribution in [2.45, 2.75) is 38.5 Å². The average molecular weight is 1180 g/mol. The number of hydrogen-bond acceptors (Lipinski definition) is 6. The Morgan fingerprint density at radius 1 is 0.239 bits per heavy atom. The fourth-order valence-electron chi connectivity index (χ4n) is 14.5. The molecule has 4 heterocycles. The lowest BCUT2D eigenvalue weighted by Gasteiger charge is -2.21. The predicted molar refractivity (Wildman–Crippen MR) is 376 cm³/mol. The summed E-state index contributed by atoms with van der Waals surface area (Å²) in [6.07, 6.45) is 0. The van der Waals surface area contributed by atoms with Crippen LogP contribution in [-0.4, -0.2) is 39.0 Å². The summed E-state index contributed by atoms with van der Waals surface area (Å²) in [6, 6.07) is 102. The Kier molecular flexibility index (Phi) is 12.7. The Balaban J connectivity index is 0.000000141. The van der Waals surface area contributed by atoms with Crippen LogP contribution >= 0.6 is 0 Å². The minimum Gasteiger partial charge on any atom is -0.309 e. The summed E-state index contributed by atoms with van der Waals surface area (Å²) < 4.78 is 4.78. The molecule has 0 fully saturated rings. The van der Waals surface area contributed by atoms with Gasteiger partial charge in [0.1, 0.15) is 0 Å². The van der Waals surface area contributed by atoms with E-state index in [1.165, 1.54) is 88.1 Å². The molecule has 16 aromatic rings. The molecule has 0 aliphatic heterocycles. The topological polar surface area (TPSA) is 87.2 Å². The largest absolute Gasteiger partial charge is 0.309 e. The van der Waals surface area contributed by atoms with Gasteiger partial charge in [0.05, 0.1) is 22.1 Å². The van der Waals surface area contributed by atoms with Crippen molar-refractivity contribution in [2.24, 2.45) is 0 Å². The number of benzene rings is 12. The molecule has 0 saturated carbocycles. The second kappa shape index (κ2) is 21.5. The van der Waals surface area contributed by atoms with Gasteiger partial charge in [-0.1, -0.05) is 258 Å². The van der Waals surface area contributed by atoms with Crippen LogP contribution < -0.4 is 0 Å². The van der Waals surface area contributed by atoms with E-state index in [0.717, 1.165) is 44.8 Å². The predicted octanol–water partition coefficient (Wildman–Crippen LogP) is 20.6. The Morgan fingerprint density at radius 2 is 0.565 bits per heavy atom. The van der Waals surface area contributed by atoms with Gasteiger partial charge in [-0.05, 0) is 105 Å². The minimum atomic E-state index is -0.0607. The van der Waals surface area contributed by atoms with Gasteiger partial charge < -0.3 is 9.13 Å². The first kappa shape index (κ1) is 54.4. The molecular weight excluding hydrogens is 1120 g/mol. The van der Waals surface area contributed by atoms with E-state index in [-0.39, 0.29) is 10.8 Å². The summed E-state index contributed by atoms with van der Waals surface area (Å²) in [5, 5.41) is 5.13. The highest BCUT2D eigenvalue weighted by atomic mass is 15.0. The van der Waals surface area contributed by atoms with Gasteiger partial charge in [-0.25, -0.2) is 29.9 Å². The molecule has 0 saturated heterocycles. The smallest absolute Gasteiger partial charge is 0.164 e. The molecule has 92 heavy (non-hydrogen) atoms. The van der Waals surface area contributed by atoms with Crippen LogP contribution in [0.15, 0.2) is 291 Å². The molecule has 2 aliphatic rings. The van der Waals surface area contributed by atoms with E-state index in [4.69, 9.17) is 29.9 Å². The average Bonchev–Trinajstić information content (AvgIpc) is 1.55. The normalized spacial score (nSPS) is 13.2. The van der Waals surface area contributed by atoms with E-state index in [2.05, 4.69) is 207 Å². The third kappa shape index (κ3) is 8.81. The molecule has 0 spiro atoms. The molecule has 0 radical (unpaired) electrons. The molecule has 18 rings (SSSR count). The Labute approximate surface area is 533 Å². The standard InChI is InChI=1S/2C42H30N4/c1-42(2)33-22-11-9-20-31(33)37-34(42)24-25-36-38(37)32-21-10-12-23-35(32)46(36)30-19-13-18-29(26-30)41-44-39(27-14-5-3-6-15-27)43-40(45-41)28-16-7-4-8-17-28;1-42(2)33-19-11-9-17-31(33)37-34(42)25-26-36-38(37)32-18-10-12-20-35(32)46(36)30-23-21-29(22-24-30)41-44-39(27-13-5-3-6-14-27)43-40(45-41)28-15-7-4-8-16-28/h2*3-26H,1-2H3. The van der Waals surface area contributed by atoms with Crippen molar-refractivity contribution in [1.82, 2.24) is 39.0 Å². The van der Waals surface area contributed by atoms with Crippen molar-refractivity contribution in [1.29, 1.82) is 0 Å². The molecule has 0 N–H and O–H groups in total.